The molecule has 27 heavy (non-hydrogen) atoms. The molecule has 5 heteroatoms. The van der Waals surface area contributed by atoms with E-state index >= 15 is 0 Å². The van der Waals surface area contributed by atoms with Crippen LogP contribution in [0.5, 0.6) is 0 Å². The Hall–Kier alpha value is -1.43. The van der Waals surface area contributed by atoms with Gasteiger partial charge < -0.3 is 19.4 Å². The standard InChI is InChI=1S/C22H33N3O2/c1-23-10-12-24(13-11-23)16-20-15-22(27-17-20)8-5-9-25(18-22)21(26)14-19-6-3-2-4-7-19/h2-4,6-7,20H,5,8-18H2,1H3. The highest BCUT2D eigenvalue weighted by Gasteiger charge is 2.44. The number of ether oxygens (including phenoxy) is 1. The second-order valence-corrected chi connectivity index (χ2v) is 8.75. The summed E-state index contributed by atoms with van der Waals surface area (Å²) in [6, 6.07) is 10.1. The Bertz CT molecular complexity index is 630. The van der Waals surface area contributed by atoms with Crippen molar-refractivity contribution in [2.75, 3.05) is 59.5 Å². The summed E-state index contributed by atoms with van der Waals surface area (Å²) < 4.78 is 6.36. The average molecular weight is 372 g/mol. The number of likely N-dealkylation sites (tertiary alicyclic amines) is 1. The smallest absolute Gasteiger partial charge is 0.227 e. The van der Waals surface area contributed by atoms with Gasteiger partial charge in [0.15, 0.2) is 0 Å². The molecule has 5 nitrogen and oxygen atoms in total. The molecule has 1 aromatic rings. The van der Waals surface area contributed by atoms with E-state index in [4.69, 9.17) is 4.74 Å². The summed E-state index contributed by atoms with van der Waals surface area (Å²) in [5.41, 5.74) is 1.00. The summed E-state index contributed by atoms with van der Waals surface area (Å²) in [5.74, 6) is 0.851. The van der Waals surface area contributed by atoms with E-state index < -0.39 is 0 Å². The Balaban J connectivity index is 1.30. The molecule has 2 unspecified atom stereocenters. The van der Waals surface area contributed by atoms with Gasteiger partial charge in [0, 0.05) is 45.8 Å². The largest absolute Gasteiger partial charge is 0.373 e. The molecule has 0 aromatic heterocycles. The molecule has 3 saturated heterocycles. The summed E-state index contributed by atoms with van der Waals surface area (Å²) in [5, 5.41) is 0. The number of amides is 1. The first-order chi connectivity index (χ1) is 13.1. The summed E-state index contributed by atoms with van der Waals surface area (Å²) >= 11 is 0. The molecule has 0 saturated carbocycles. The zero-order valence-corrected chi connectivity index (χ0v) is 16.6. The minimum atomic E-state index is -0.0954. The van der Waals surface area contributed by atoms with Crippen LogP contribution in [0.25, 0.3) is 0 Å². The number of carbonyl (C=O) groups excluding carboxylic acids is 1. The van der Waals surface area contributed by atoms with E-state index in [-0.39, 0.29) is 11.5 Å². The van der Waals surface area contributed by atoms with Crippen LogP contribution in [-0.4, -0.2) is 85.7 Å². The van der Waals surface area contributed by atoms with Gasteiger partial charge >= 0.3 is 0 Å². The van der Waals surface area contributed by atoms with Crippen LogP contribution in [0.4, 0.5) is 0 Å². The SMILES string of the molecule is CN1CCN(CC2COC3(CCCN(C(=O)Cc4ccccc4)C3)C2)CC1. The van der Waals surface area contributed by atoms with Crippen LogP contribution in [0.1, 0.15) is 24.8 Å². The molecule has 3 heterocycles. The first kappa shape index (κ1) is 18.9. The molecule has 1 aromatic carbocycles. The molecule has 0 bridgehead atoms. The summed E-state index contributed by atoms with van der Waals surface area (Å²) in [6.45, 7) is 8.32. The van der Waals surface area contributed by atoms with Crippen LogP contribution in [0, 0.1) is 5.92 Å². The van der Waals surface area contributed by atoms with E-state index in [1.54, 1.807) is 0 Å². The Morgan fingerprint density at radius 1 is 1.15 bits per heavy atom. The Kier molecular flexibility index (Phi) is 5.81. The summed E-state index contributed by atoms with van der Waals surface area (Å²) in [4.78, 5) is 19.8. The van der Waals surface area contributed by atoms with Crippen LogP contribution in [0.2, 0.25) is 0 Å². The van der Waals surface area contributed by atoms with Gasteiger partial charge in [-0.2, -0.15) is 0 Å². The predicted octanol–water partition coefficient (Wildman–Crippen LogP) is 1.87. The molecular weight excluding hydrogens is 338 g/mol. The lowest BCUT2D eigenvalue weighted by Crippen LogP contribution is -2.50. The van der Waals surface area contributed by atoms with Gasteiger partial charge in [0.1, 0.15) is 0 Å². The molecule has 1 amide bonds. The van der Waals surface area contributed by atoms with Crippen molar-refractivity contribution in [2.45, 2.75) is 31.3 Å². The molecule has 2 atom stereocenters. The lowest BCUT2D eigenvalue weighted by Gasteiger charge is -2.40. The number of benzene rings is 1. The van der Waals surface area contributed by atoms with Crippen LogP contribution >= 0.6 is 0 Å². The zero-order valence-electron chi connectivity index (χ0n) is 16.6. The van der Waals surface area contributed by atoms with Crippen LogP contribution in [-0.2, 0) is 16.0 Å². The van der Waals surface area contributed by atoms with Crippen molar-refractivity contribution in [2.24, 2.45) is 5.92 Å². The lowest BCUT2D eigenvalue weighted by molar-refractivity contribution is -0.138. The number of nitrogens with zero attached hydrogens (tertiary/aromatic N) is 3. The maximum Gasteiger partial charge on any atom is 0.227 e. The third-order valence-electron chi connectivity index (χ3n) is 6.49. The van der Waals surface area contributed by atoms with Crippen molar-refractivity contribution in [3.05, 3.63) is 35.9 Å². The fourth-order valence-corrected chi connectivity index (χ4v) is 4.93. The van der Waals surface area contributed by atoms with Gasteiger partial charge in [0.2, 0.25) is 5.91 Å². The van der Waals surface area contributed by atoms with Crippen LogP contribution in [0.15, 0.2) is 30.3 Å². The highest BCUT2D eigenvalue weighted by atomic mass is 16.5. The minimum absolute atomic E-state index is 0.0954. The number of likely N-dealkylation sites (N-methyl/N-ethyl adjacent to an activating group) is 1. The predicted molar refractivity (Wildman–Crippen MR) is 107 cm³/mol. The van der Waals surface area contributed by atoms with Gasteiger partial charge in [-0.15, -0.1) is 0 Å². The Labute approximate surface area is 163 Å². The third-order valence-corrected chi connectivity index (χ3v) is 6.49. The molecule has 1 spiro atoms. The Morgan fingerprint density at radius 2 is 1.93 bits per heavy atom. The van der Waals surface area contributed by atoms with E-state index in [1.807, 2.05) is 30.3 Å². The van der Waals surface area contributed by atoms with Crippen molar-refractivity contribution in [1.29, 1.82) is 0 Å². The minimum Gasteiger partial charge on any atom is -0.373 e. The highest BCUT2D eigenvalue weighted by Crippen LogP contribution is 2.38. The Morgan fingerprint density at radius 3 is 2.70 bits per heavy atom. The lowest BCUT2D eigenvalue weighted by atomic mass is 9.86. The third kappa shape index (κ3) is 4.71. The topological polar surface area (TPSA) is 36.0 Å². The van der Waals surface area contributed by atoms with Crippen LogP contribution < -0.4 is 0 Å². The first-order valence-corrected chi connectivity index (χ1v) is 10.5. The number of piperazine rings is 1. The number of rotatable bonds is 4. The normalized spacial score (nSPS) is 30.1. The van der Waals surface area contributed by atoms with E-state index in [9.17, 15) is 4.79 Å². The number of piperidine rings is 1. The summed E-state index contributed by atoms with van der Waals surface area (Å²) in [6.07, 6.45) is 3.76. The van der Waals surface area contributed by atoms with Gasteiger partial charge in [-0.1, -0.05) is 30.3 Å². The highest BCUT2D eigenvalue weighted by molar-refractivity contribution is 5.79. The first-order valence-electron chi connectivity index (χ1n) is 10.5. The van der Waals surface area contributed by atoms with E-state index in [0.29, 0.717) is 12.3 Å². The monoisotopic (exact) mass is 371 g/mol. The van der Waals surface area contributed by atoms with Crippen molar-refractivity contribution in [3.63, 3.8) is 0 Å². The quantitative estimate of drug-likeness (QED) is 0.810. The number of hydrogen-bond donors (Lipinski definition) is 0. The average Bonchev–Trinajstić information content (AvgIpc) is 3.06. The zero-order chi connectivity index (χ0) is 18.7. The van der Waals surface area contributed by atoms with E-state index in [0.717, 1.165) is 51.1 Å². The molecule has 0 N–H and O–H groups in total. The second kappa shape index (κ2) is 8.29. The maximum absolute atomic E-state index is 12.8. The van der Waals surface area contributed by atoms with Gasteiger partial charge in [-0.25, -0.2) is 0 Å². The molecular formula is C22H33N3O2. The molecule has 0 radical (unpaired) electrons. The second-order valence-electron chi connectivity index (χ2n) is 8.75. The van der Waals surface area contributed by atoms with Crippen molar-refractivity contribution < 1.29 is 9.53 Å². The fourth-order valence-electron chi connectivity index (χ4n) is 4.93. The molecule has 3 aliphatic rings. The summed E-state index contributed by atoms with van der Waals surface area (Å²) in [7, 11) is 2.20. The number of hydrogen-bond acceptors (Lipinski definition) is 4. The maximum atomic E-state index is 12.8. The van der Waals surface area contributed by atoms with Crippen molar-refractivity contribution in [1.82, 2.24) is 14.7 Å². The molecule has 148 valence electrons. The van der Waals surface area contributed by atoms with Gasteiger partial charge in [0.05, 0.1) is 18.6 Å². The fraction of sp³-hybridized carbons (Fsp3) is 0.682. The van der Waals surface area contributed by atoms with Crippen molar-refractivity contribution in [3.8, 4) is 0 Å². The molecule has 0 aliphatic carbocycles. The van der Waals surface area contributed by atoms with Gasteiger partial charge in [-0.05, 0) is 37.8 Å². The van der Waals surface area contributed by atoms with Gasteiger partial charge in [-0.3, -0.25) is 4.79 Å². The molecule has 3 aliphatic heterocycles. The van der Waals surface area contributed by atoms with E-state index in [1.165, 1.54) is 26.2 Å². The number of carbonyl (C=O) groups is 1. The molecule has 4 rings (SSSR count). The molecule has 3 fully saturated rings. The van der Waals surface area contributed by atoms with Crippen molar-refractivity contribution >= 4 is 5.91 Å². The van der Waals surface area contributed by atoms with Gasteiger partial charge in [0.25, 0.3) is 0 Å². The van der Waals surface area contributed by atoms with E-state index in [2.05, 4.69) is 21.7 Å². The van der Waals surface area contributed by atoms with Crippen LogP contribution in [0.3, 0.4) is 0 Å².